The van der Waals surface area contributed by atoms with Gasteiger partial charge in [-0.2, -0.15) is 4.31 Å². The molecule has 106 valence electrons. The molecule has 0 aliphatic carbocycles. The minimum atomic E-state index is -3.93. The van der Waals surface area contributed by atoms with E-state index in [0.29, 0.717) is 18.9 Å². The van der Waals surface area contributed by atoms with Gasteiger partial charge in [-0.05, 0) is 30.9 Å². The Morgan fingerprint density at radius 3 is 2.42 bits per heavy atom. The van der Waals surface area contributed by atoms with Gasteiger partial charge in [0.15, 0.2) is 0 Å². The zero-order valence-electron chi connectivity index (χ0n) is 10.2. The first-order chi connectivity index (χ1) is 8.95. The molecule has 1 aliphatic heterocycles. The van der Waals surface area contributed by atoms with Crippen molar-refractivity contribution >= 4 is 10.0 Å². The van der Waals surface area contributed by atoms with E-state index < -0.39 is 26.6 Å². The summed E-state index contributed by atoms with van der Waals surface area (Å²) in [4.78, 5) is -0.503. The highest BCUT2D eigenvalue weighted by molar-refractivity contribution is 7.89. The Hall–Kier alpha value is -1.05. The van der Waals surface area contributed by atoms with Crippen LogP contribution in [-0.2, 0) is 10.0 Å². The molecular weight excluding hydrogens is 276 g/mol. The Kier molecular flexibility index (Phi) is 4.17. The van der Waals surface area contributed by atoms with Gasteiger partial charge in [0.1, 0.15) is 16.5 Å². The zero-order valence-corrected chi connectivity index (χ0v) is 11.0. The van der Waals surface area contributed by atoms with E-state index >= 15 is 0 Å². The molecule has 0 bridgehead atoms. The van der Waals surface area contributed by atoms with Gasteiger partial charge in [0.25, 0.3) is 0 Å². The zero-order chi connectivity index (χ0) is 14.0. The van der Waals surface area contributed by atoms with Gasteiger partial charge in [-0.3, -0.25) is 0 Å². The number of aliphatic hydroxyl groups is 1. The molecule has 1 aromatic carbocycles. The summed E-state index contributed by atoms with van der Waals surface area (Å²) in [7, 11) is -3.93. The lowest BCUT2D eigenvalue weighted by atomic mass is 10.00. The minimum Gasteiger partial charge on any atom is -0.396 e. The Morgan fingerprint density at radius 2 is 1.89 bits per heavy atom. The van der Waals surface area contributed by atoms with E-state index in [1.54, 1.807) is 0 Å². The van der Waals surface area contributed by atoms with Gasteiger partial charge in [0.2, 0.25) is 10.0 Å². The predicted octanol–water partition coefficient (Wildman–Crippen LogP) is 1.36. The van der Waals surface area contributed by atoms with Crippen LogP contribution < -0.4 is 0 Å². The number of benzene rings is 1. The van der Waals surface area contributed by atoms with Crippen LogP contribution in [-0.4, -0.2) is 37.5 Å². The van der Waals surface area contributed by atoms with Gasteiger partial charge in [-0.1, -0.05) is 0 Å². The smallest absolute Gasteiger partial charge is 0.245 e. The number of nitrogens with zero attached hydrogens (tertiary/aromatic N) is 1. The van der Waals surface area contributed by atoms with Crippen LogP contribution in [0.2, 0.25) is 0 Å². The number of piperidine rings is 1. The molecule has 0 atom stereocenters. The van der Waals surface area contributed by atoms with Crippen LogP contribution in [0.15, 0.2) is 23.1 Å². The summed E-state index contributed by atoms with van der Waals surface area (Å²) in [6.07, 6.45) is 1.08. The van der Waals surface area contributed by atoms with Crippen molar-refractivity contribution in [2.24, 2.45) is 5.92 Å². The van der Waals surface area contributed by atoms with E-state index in [2.05, 4.69) is 0 Å². The fourth-order valence-electron chi connectivity index (χ4n) is 2.16. The largest absolute Gasteiger partial charge is 0.396 e. The van der Waals surface area contributed by atoms with Crippen molar-refractivity contribution < 1.29 is 22.3 Å². The molecule has 1 heterocycles. The molecule has 2 rings (SSSR count). The number of rotatable bonds is 3. The molecule has 0 unspecified atom stereocenters. The average molecular weight is 291 g/mol. The Labute approximate surface area is 110 Å². The summed E-state index contributed by atoms with van der Waals surface area (Å²) in [5, 5.41) is 9.00. The van der Waals surface area contributed by atoms with Crippen molar-refractivity contribution in [3.63, 3.8) is 0 Å². The number of hydrogen-bond acceptors (Lipinski definition) is 3. The van der Waals surface area contributed by atoms with Crippen LogP contribution in [0.1, 0.15) is 12.8 Å². The summed E-state index contributed by atoms with van der Waals surface area (Å²) in [6, 6.07) is 2.43. The van der Waals surface area contributed by atoms with Crippen molar-refractivity contribution in [3.8, 4) is 0 Å². The molecule has 1 saturated heterocycles. The van der Waals surface area contributed by atoms with Gasteiger partial charge in [-0.25, -0.2) is 17.2 Å². The Bertz CT molecular complexity index is 554. The van der Waals surface area contributed by atoms with Gasteiger partial charge in [0, 0.05) is 25.8 Å². The first-order valence-electron chi connectivity index (χ1n) is 6.01. The molecule has 1 fully saturated rings. The standard InChI is InChI=1S/C12H15F2NO3S/c13-10-1-2-12(11(14)7-10)19(17,18)15-5-3-9(8-16)4-6-15/h1-2,7,9,16H,3-6,8H2. The fourth-order valence-corrected chi connectivity index (χ4v) is 3.67. The van der Waals surface area contributed by atoms with E-state index in [1.807, 2.05) is 0 Å². The van der Waals surface area contributed by atoms with Crippen molar-refractivity contribution in [2.45, 2.75) is 17.7 Å². The quantitative estimate of drug-likeness (QED) is 0.915. The molecule has 7 heteroatoms. The second kappa shape index (κ2) is 5.52. The lowest BCUT2D eigenvalue weighted by Crippen LogP contribution is -2.39. The van der Waals surface area contributed by atoms with Gasteiger partial charge in [0.05, 0.1) is 0 Å². The van der Waals surface area contributed by atoms with Gasteiger partial charge >= 0.3 is 0 Å². The molecule has 1 aliphatic rings. The highest BCUT2D eigenvalue weighted by Gasteiger charge is 2.31. The van der Waals surface area contributed by atoms with E-state index in [0.717, 1.165) is 12.1 Å². The third-order valence-corrected chi connectivity index (χ3v) is 5.28. The molecule has 0 spiro atoms. The number of hydrogen-bond donors (Lipinski definition) is 1. The normalized spacial score (nSPS) is 18.7. The van der Waals surface area contributed by atoms with Crippen LogP contribution in [0.3, 0.4) is 0 Å². The molecule has 1 aromatic rings. The van der Waals surface area contributed by atoms with E-state index in [9.17, 15) is 17.2 Å². The molecule has 0 radical (unpaired) electrons. The Morgan fingerprint density at radius 1 is 1.26 bits per heavy atom. The Balaban J connectivity index is 2.23. The van der Waals surface area contributed by atoms with Crippen LogP contribution in [0.5, 0.6) is 0 Å². The summed E-state index contributed by atoms with van der Waals surface area (Å²) in [5.41, 5.74) is 0. The summed E-state index contributed by atoms with van der Waals surface area (Å²) in [6.45, 7) is 0.507. The average Bonchev–Trinajstić information content (AvgIpc) is 2.38. The maximum atomic E-state index is 13.6. The van der Waals surface area contributed by atoms with Crippen LogP contribution in [0.4, 0.5) is 8.78 Å². The molecule has 0 amide bonds. The first kappa shape index (κ1) is 14.4. The van der Waals surface area contributed by atoms with E-state index in [4.69, 9.17) is 5.11 Å². The summed E-state index contributed by atoms with van der Waals surface area (Å²) in [5.74, 6) is -1.80. The lowest BCUT2D eigenvalue weighted by Gasteiger charge is -2.30. The van der Waals surface area contributed by atoms with Gasteiger partial charge < -0.3 is 5.11 Å². The van der Waals surface area contributed by atoms with E-state index in [1.165, 1.54) is 4.31 Å². The maximum Gasteiger partial charge on any atom is 0.245 e. The number of halogens is 2. The minimum absolute atomic E-state index is 0.0266. The highest BCUT2D eigenvalue weighted by Crippen LogP contribution is 2.25. The molecular formula is C12H15F2NO3S. The van der Waals surface area contributed by atoms with Crippen LogP contribution >= 0.6 is 0 Å². The third kappa shape index (κ3) is 2.93. The number of sulfonamides is 1. The van der Waals surface area contributed by atoms with Crippen molar-refractivity contribution in [2.75, 3.05) is 19.7 Å². The summed E-state index contributed by atoms with van der Waals surface area (Å²) < 4.78 is 52.0. The SMILES string of the molecule is O=S(=O)(c1ccc(F)cc1F)N1CCC(CO)CC1. The third-order valence-electron chi connectivity index (χ3n) is 3.34. The maximum absolute atomic E-state index is 13.6. The molecule has 1 N–H and O–H groups in total. The second-order valence-electron chi connectivity index (χ2n) is 4.60. The van der Waals surface area contributed by atoms with Crippen molar-refractivity contribution in [3.05, 3.63) is 29.8 Å². The lowest BCUT2D eigenvalue weighted by molar-refractivity contribution is 0.170. The van der Waals surface area contributed by atoms with Crippen LogP contribution in [0, 0.1) is 17.6 Å². The predicted molar refractivity (Wildman–Crippen MR) is 64.9 cm³/mol. The van der Waals surface area contributed by atoms with E-state index in [-0.39, 0.29) is 25.6 Å². The first-order valence-corrected chi connectivity index (χ1v) is 7.45. The van der Waals surface area contributed by atoms with Crippen LogP contribution in [0.25, 0.3) is 0 Å². The summed E-state index contributed by atoms with van der Waals surface area (Å²) >= 11 is 0. The molecule has 0 aromatic heterocycles. The molecule has 19 heavy (non-hydrogen) atoms. The van der Waals surface area contributed by atoms with Crippen molar-refractivity contribution in [1.29, 1.82) is 0 Å². The van der Waals surface area contributed by atoms with Gasteiger partial charge in [-0.15, -0.1) is 0 Å². The fraction of sp³-hybridized carbons (Fsp3) is 0.500. The molecule has 0 saturated carbocycles. The molecule has 4 nitrogen and oxygen atoms in total. The topological polar surface area (TPSA) is 57.6 Å². The monoisotopic (exact) mass is 291 g/mol. The second-order valence-corrected chi connectivity index (χ2v) is 6.51. The highest BCUT2D eigenvalue weighted by atomic mass is 32.2. The number of aliphatic hydroxyl groups excluding tert-OH is 1. The van der Waals surface area contributed by atoms with Crippen molar-refractivity contribution in [1.82, 2.24) is 4.31 Å².